The van der Waals surface area contributed by atoms with Crippen molar-refractivity contribution in [3.8, 4) is 6.01 Å². The summed E-state index contributed by atoms with van der Waals surface area (Å²) in [5, 5.41) is 12.7. The lowest BCUT2D eigenvalue weighted by Gasteiger charge is -2.38. The topological polar surface area (TPSA) is 97.2 Å². The minimum absolute atomic E-state index is 0.229. The van der Waals surface area contributed by atoms with Crippen LogP contribution in [0.5, 0.6) is 6.01 Å². The van der Waals surface area contributed by atoms with Crippen LogP contribution in [0.25, 0.3) is 21.8 Å². The molecule has 1 amide bonds. The van der Waals surface area contributed by atoms with Gasteiger partial charge in [0.2, 0.25) is 0 Å². The van der Waals surface area contributed by atoms with Gasteiger partial charge in [0, 0.05) is 66.8 Å². The molecule has 0 unspecified atom stereocenters. The normalized spacial score (nSPS) is 18.6. The van der Waals surface area contributed by atoms with Gasteiger partial charge >= 0.3 is 6.01 Å². The monoisotopic (exact) mass is 445 g/mol. The molecule has 0 spiro atoms. The Morgan fingerprint density at radius 1 is 1.18 bits per heavy atom. The summed E-state index contributed by atoms with van der Waals surface area (Å²) in [5.74, 6) is -0.238. The van der Waals surface area contributed by atoms with Crippen molar-refractivity contribution < 1.29 is 9.53 Å². The Bertz CT molecular complexity index is 1340. The van der Waals surface area contributed by atoms with Crippen molar-refractivity contribution in [3.63, 3.8) is 0 Å². The highest BCUT2D eigenvalue weighted by Gasteiger charge is 2.24. The van der Waals surface area contributed by atoms with E-state index in [1.165, 1.54) is 7.11 Å². The average molecular weight is 446 g/mol. The van der Waals surface area contributed by atoms with Crippen LogP contribution in [0.4, 0.5) is 11.4 Å². The first-order chi connectivity index (χ1) is 15.9. The number of hydrogen-bond donors (Lipinski definition) is 2. The second-order valence-corrected chi connectivity index (χ2v) is 8.66. The highest BCUT2D eigenvalue weighted by molar-refractivity contribution is 6.14. The fourth-order valence-electron chi connectivity index (χ4n) is 4.60. The molecule has 0 aliphatic carbocycles. The van der Waals surface area contributed by atoms with Crippen molar-refractivity contribution >= 4 is 39.1 Å². The summed E-state index contributed by atoms with van der Waals surface area (Å²) in [4.78, 5) is 24.5. The molecule has 9 heteroatoms. The van der Waals surface area contributed by atoms with E-state index in [-0.39, 0.29) is 11.9 Å². The summed E-state index contributed by atoms with van der Waals surface area (Å²) in [6.07, 6.45) is 3.66. The largest absolute Gasteiger partial charge is 0.467 e. The molecule has 2 aromatic heterocycles. The second-order valence-electron chi connectivity index (χ2n) is 8.66. The van der Waals surface area contributed by atoms with Crippen LogP contribution >= 0.6 is 0 Å². The number of methoxy groups -OCH3 is 1. The first-order valence-corrected chi connectivity index (χ1v) is 11.0. The fourth-order valence-corrected chi connectivity index (χ4v) is 4.60. The number of rotatable bonds is 4. The molecule has 9 nitrogen and oxygen atoms in total. The third-order valence-electron chi connectivity index (χ3n) is 5.91. The third-order valence-corrected chi connectivity index (χ3v) is 5.91. The van der Waals surface area contributed by atoms with E-state index in [2.05, 4.69) is 44.4 Å². The van der Waals surface area contributed by atoms with Crippen LogP contribution in [-0.2, 0) is 7.05 Å². The summed E-state index contributed by atoms with van der Waals surface area (Å²) in [6.45, 7) is 6.07. The molecule has 1 aliphatic rings. The summed E-state index contributed by atoms with van der Waals surface area (Å²) in [6, 6.07) is 10.4. The Morgan fingerprint density at radius 3 is 2.73 bits per heavy atom. The maximum Gasteiger partial charge on any atom is 0.316 e. The van der Waals surface area contributed by atoms with Gasteiger partial charge in [-0.15, -0.1) is 0 Å². The number of fused-ring (bicyclic) bond motifs is 2. The number of piperazine rings is 1. The number of hydrogen-bond acceptors (Lipinski definition) is 7. The molecule has 0 saturated carbocycles. The van der Waals surface area contributed by atoms with Crippen LogP contribution < -0.4 is 20.3 Å². The molecule has 3 heterocycles. The number of carbonyl (C=O) groups is 1. The summed E-state index contributed by atoms with van der Waals surface area (Å²) in [7, 11) is 3.40. The molecule has 33 heavy (non-hydrogen) atoms. The molecular formula is C24H27N7O2. The van der Waals surface area contributed by atoms with Gasteiger partial charge in [0.15, 0.2) is 0 Å². The number of benzene rings is 2. The highest BCUT2D eigenvalue weighted by atomic mass is 16.5. The van der Waals surface area contributed by atoms with E-state index < -0.39 is 0 Å². The van der Waals surface area contributed by atoms with Crippen molar-refractivity contribution in [2.45, 2.75) is 25.9 Å². The van der Waals surface area contributed by atoms with E-state index in [9.17, 15) is 4.79 Å². The van der Waals surface area contributed by atoms with Gasteiger partial charge in [-0.25, -0.2) is 4.98 Å². The predicted molar refractivity (Wildman–Crippen MR) is 129 cm³/mol. The van der Waals surface area contributed by atoms with E-state index in [1.54, 1.807) is 10.9 Å². The molecule has 4 aromatic rings. The lowest BCUT2D eigenvalue weighted by molar-refractivity contribution is 0.102. The highest BCUT2D eigenvalue weighted by Crippen LogP contribution is 2.31. The van der Waals surface area contributed by atoms with Gasteiger partial charge in [0.25, 0.3) is 5.91 Å². The smallest absolute Gasteiger partial charge is 0.316 e. The van der Waals surface area contributed by atoms with Crippen molar-refractivity contribution in [2.75, 3.05) is 30.4 Å². The molecule has 2 atom stereocenters. The van der Waals surface area contributed by atoms with Gasteiger partial charge in [-0.3, -0.25) is 9.48 Å². The van der Waals surface area contributed by atoms with Crippen molar-refractivity contribution in [1.82, 2.24) is 25.1 Å². The van der Waals surface area contributed by atoms with Crippen molar-refractivity contribution in [3.05, 3.63) is 48.3 Å². The van der Waals surface area contributed by atoms with Gasteiger partial charge in [0.05, 0.1) is 23.7 Å². The first kappa shape index (κ1) is 21.1. The zero-order valence-corrected chi connectivity index (χ0v) is 19.2. The fraction of sp³-hybridized carbons (Fsp3) is 0.333. The molecule has 2 N–H and O–H groups in total. The molecule has 1 aliphatic heterocycles. The second kappa shape index (κ2) is 8.32. The lowest BCUT2D eigenvalue weighted by atomic mass is 10.0. The maximum atomic E-state index is 13.3. The summed E-state index contributed by atoms with van der Waals surface area (Å²) in [5.41, 5.74) is 3.63. The zero-order valence-electron chi connectivity index (χ0n) is 19.2. The number of amides is 1. The van der Waals surface area contributed by atoms with Crippen LogP contribution in [0.1, 0.15) is 24.2 Å². The van der Waals surface area contributed by atoms with E-state index in [0.717, 1.165) is 35.1 Å². The van der Waals surface area contributed by atoms with Crippen LogP contribution in [0.15, 0.2) is 42.7 Å². The van der Waals surface area contributed by atoms with Crippen molar-refractivity contribution in [2.24, 2.45) is 7.05 Å². The van der Waals surface area contributed by atoms with Gasteiger partial charge in [-0.05, 0) is 44.2 Å². The number of ether oxygens (including phenoxy) is 1. The number of aromatic nitrogens is 4. The first-order valence-electron chi connectivity index (χ1n) is 11.0. The van der Waals surface area contributed by atoms with Crippen LogP contribution in [0, 0.1) is 0 Å². The minimum Gasteiger partial charge on any atom is -0.467 e. The average Bonchev–Trinajstić information content (AvgIpc) is 3.16. The summed E-state index contributed by atoms with van der Waals surface area (Å²) < 4.78 is 7.01. The third kappa shape index (κ3) is 4.07. The van der Waals surface area contributed by atoms with Crippen LogP contribution in [0.2, 0.25) is 0 Å². The number of aryl methyl sites for hydroxylation is 1. The Hall–Kier alpha value is -3.72. The zero-order chi connectivity index (χ0) is 23.1. The predicted octanol–water partition coefficient (Wildman–Crippen LogP) is 2.96. The Kier molecular flexibility index (Phi) is 5.33. The standard InChI is InChI=1S/C24H27N7O2/c1-14-11-31(12-15(2)26-14)21-8-6-18(22-19(21)10-25-24(28-22)33-4)23(32)27-17-5-7-20-16(9-17)13-30(3)29-20/h5-10,13-15,26H,11-12H2,1-4H3,(H,27,32)/t14-,15+. The van der Waals surface area contributed by atoms with E-state index >= 15 is 0 Å². The van der Waals surface area contributed by atoms with Crippen LogP contribution in [0.3, 0.4) is 0 Å². The van der Waals surface area contributed by atoms with Crippen LogP contribution in [-0.4, -0.2) is 57.9 Å². The number of nitrogens with one attached hydrogen (secondary N) is 2. The number of nitrogens with zero attached hydrogens (tertiary/aromatic N) is 5. The maximum absolute atomic E-state index is 13.3. The van der Waals surface area contributed by atoms with Gasteiger partial charge in [-0.2, -0.15) is 10.1 Å². The van der Waals surface area contributed by atoms with Gasteiger partial charge < -0.3 is 20.3 Å². The van der Waals surface area contributed by atoms with Gasteiger partial charge in [-0.1, -0.05) is 0 Å². The minimum atomic E-state index is -0.238. The quantitative estimate of drug-likeness (QED) is 0.498. The summed E-state index contributed by atoms with van der Waals surface area (Å²) >= 11 is 0. The van der Waals surface area contributed by atoms with Gasteiger partial charge in [0.1, 0.15) is 0 Å². The number of anilines is 2. The SMILES string of the molecule is COc1ncc2c(N3C[C@@H](C)N[C@@H](C)C3)ccc(C(=O)Nc3ccc4nn(C)cc4c3)c2n1. The molecule has 1 fully saturated rings. The Morgan fingerprint density at radius 2 is 1.97 bits per heavy atom. The van der Waals surface area contributed by atoms with E-state index in [1.807, 2.05) is 43.6 Å². The Balaban J connectivity index is 1.53. The van der Waals surface area contributed by atoms with E-state index in [0.29, 0.717) is 28.9 Å². The molecule has 5 rings (SSSR count). The molecule has 170 valence electrons. The van der Waals surface area contributed by atoms with E-state index in [4.69, 9.17) is 4.74 Å². The lowest BCUT2D eigenvalue weighted by Crippen LogP contribution is -2.54. The molecule has 1 saturated heterocycles. The molecule has 0 bridgehead atoms. The molecule has 2 aromatic carbocycles. The molecule has 0 radical (unpaired) electrons. The number of carbonyl (C=O) groups excluding carboxylic acids is 1. The van der Waals surface area contributed by atoms with Crippen molar-refractivity contribution in [1.29, 1.82) is 0 Å². The molecular weight excluding hydrogens is 418 g/mol. The Labute approximate surface area is 191 Å².